The van der Waals surface area contributed by atoms with Gasteiger partial charge in [-0.05, 0) is 49.7 Å². The van der Waals surface area contributed by atoms with E-state index in [0.717, 1.165) is 18.9 Å². The van der Waals surface area contributed by atoms with Crippen LogP contribution >= 0.6 is 0 Å². The predicted molar refractivity (Wildman–Crippen MR) is 77.2 cm³/mol. The van der Waals surface area contributed by atoms with Gasteiger partial charge in [-0.1, -0.05) is 25.1 Å². The predicted octanol–water partition coefficient (Wildman–Crippen LogP) is 4.04. The monoisotopic (exact) mass is 247 g/mol. The van der Waals surface area contributed by atoms with Crippen LogP contribution in [0.1, 0.15) is 44.6 Å². The number of nitrogens with one attached hydrogen (secondary N) is 1. The number of anilines is 1. The van der Waals surface area contributed by atoms with E-state index in [0.29, 0.717) is 12.0 Å². The second-order valence-electron chi connectivity index (χ2n) is 5.69. The molecule has 0 fully saturated rings. The van der Waals surface area contributed by atoms with Gasteiger partial charge in [0.2, 0.25) is 0 Å². The van der Waals surface area contributed by atoms with Crippen molar-refractivity contribution < 1.29 is 4.74 Å². The molecule has 0 amide bonds. The Morgan fingerprint density at radius 2 is 2.17 bits per heavy atom. The van der Waals surface area contributed by atoms with Gasteiger partial charge in [0, 0.05) is 25.4 Å². The average Bonchev–Trinajstić information content (AvgIpc) is 2.36. The van der Waals surface area contributed by atoms with Crippen LogP contribution in [0.25, 0.3) is 0 Å². The number of benzene rings is 1. The molecule has 2 rings (SSSR count). The molecule has 18 heavy (non-hydrogen) atoms. The summed E-state index contributed by atoms with van der Waals surface area (Å²) in [6.07, 6.45) is 3.68. The van der Waals surface area contributed by atoms with Gasteiger partial charge in [-0.2, -0.15) is 0 Å². The van der Waals surface area contributed by atoms with Crippen molar-refractivity contribution >= 4 is 5.69 Å². The van der Waals surface area contributed by atoms with Crippen molar-refractivity contribution in [2.24, 2.45) is 5.92 Å². The van der Waals surface area contributed by atoms with Gasteiger partial charge in [-0.15, -0.1) is 0 Å². The number of para-hydroxylation sites is 1. The average molecular weight is 247 g/mol. The highest BCUT2D eigenvalue weighted by molar-refractivity contribution is 5.55. The van der Waals surface area contributed by atoms with Crippen molar-refractivity contribution in [2.45, 2.75) is 45.1 Å². The summed E-state index contributed by atoms with van der Waals surface area (Å²) in [4.78, 5) is 0. The minimum atomic E-state index is 0.583. The lowest BCUT2D eigenvalue weighted by Gasteiger charge is -2.32. The minimum absolute atomic E-state index is 0.583. The quantitative estimate of drug-likeness (QED) is 0.848. The molecule has 0 spiro atoms. The Hall–Kier alpha value is -1.02. The van der Waals surface area contributed by atoms with E-state index in [1.54, 1.807) is 7.11 Å². The molecule has 0 radical (unpaired) electrons. The summed E-state index contributed by atoms with van der Waals surface area (Å²) in [5, 5.41) is 3.58. The SMILES string of the molecule is COCCC(C)CC1CC(C)Nc2ccccc21. The number of methoxy groups -OCH3 is 1. The summed E-state index contributed by atoms with van der Waals surface area (Å²) >= 11 is 0. The highest BCUT2D eigenvalue weighted by Gasteiger charge is 2.24. The second kappa shape index (κ2) is 6.24. The normalized spacial score (nSPS) is 24.2. The largest absolute Gasteiger partial charge is 0.385 e. The molecule has 0 aliphatic carbocycles. The van der Waals surface area contributed by atoms with Gasteiger partial charge in [0.15, 0.2) is 0 Å². The highest BCUT2D eigenvalue weighted by Crippen LogP contribution is 2.38. The maximum absolute atomic E-state index is 5.18. The summed E-state index contributed by atoms with van der Waals surface area (Å²) in [5.74, 6) is 1.43. The zero-order chi connectivity index (χ0) is 13.0. The van der Waals surface area contributed by atoms with Crippen molar-refractivity contribution in [1.29, 1.82) is 0 Å². The number of hydrogen-bond donors (Lipinski definition) is 1. The Morgan fingerprint density at radius 1 is 1.39 bits per heavy atom. The van der Waals surface area contributed by atoms with Crippen LogP contribution in [0.2, 0.25) is 0 Å². The molecule has 3 atom stereocenters. The van der Waals surface area contributed by atoms with Crippen molar-refractivity contribution in [2.75, 3.05) is 19.0 Å². The van der Waals surface area contributed by atoms with Crippen molar-refractivity contribution in [3.63, 3.8) is 0 Å². The number of ether oxygens (including phenoxy) is 1. The lowest BCUT2D eigenvalue weighted by Crippen LogP contribution is -2.26. The summed E-state index contributed by atoms with van der Waals surface area (Å²) in [7, 11) is 1.79. The number of hydrogen-bond acceptors (Lipinski definition) is 2. The third-order valence-corrected chi connectivity index (χ3v) is 3.94. The van der Waals surface area contributed by atoms with E-state index in [2.05, 4.69) is 43.4 Å². The van der Waals surface area contributed by atoms with E-state index >= 15 is 0 Å². The molecular weight excluding hydrogens is 222 g/mol. The molecule has 0 saturated carbocycles. The first-order valence-corrected chi connectivity index (χ1v) is 7.05. The summed E-state index contributed by atoms with van der Waals surface area (Å²) in [6.45, 7) is 5.50. The third-order valence-electron chi connectivity index (χ3n) is 3.94. The standard InChI is InChI=1S/C16H25NO/c1-12(8-9-18-3)10-14-11-13(2)17-16-7-5-4-6-15(14)16/h4-7,12-14,17H,8-11H2,1-3H3. The lowest BCUT2D eigenvalue weighted by molar-refractivity contribution is 0.176. The van der Waals surface area contributed by atoms with E-state index in [1.165, 1.54) is 24.1 Å². The molecule has 1 aromatic rings. The molecule has 1 aliphatic heterocycles. The fourth-order valence-electron chi connectivity index (χ4n) is 3.01. The van der Waals surface area contributed by atoms with Crippen LogP contribution in [0.4, 0.5) is 5.69 Å². The third kappa shape index (κ3) is 3.26. The molecule has 0 saturated heterocycles. The van der Waals surface area contributed by atoms with Crippen LogP contribution in [0.3, 0.4) is 0 Å². The first-order valence-electron chi connectivity index (χ1n) is 7.05. The lowest BCUT2D eigenvalue weighted by atomic mass is 9.81. The topological polar surface area (TPSA) is 21.3 Å². The molecule has 1 N–H and O–H groups in total. The minimum Gasteiger partial charge on any atom is -0.385 e. The zero-order valence-corrected chi connectivity index (χ0v) is 11.8. The Kier molecular flexibility index (Phi) is 4.65. The van der Waals surface area contributed by atoms with Crippen LogP contribution in [0.15, 0.2) is 24.3 Å². The fraction of sp³-hybridized carbons (Fsp3) is 0.625. The molecular formula is C16H25NO. The van der Waals surface area contributed by atoms with Gasteiger partial charge in [0.1, 0.15) is 0 Å². The molecule has 0 bridgehead atoms. The molecule has 100 valence electrons. The first kappa shape index (κ1) is 13.4. The van der Waals surface area contributed by atoms with E-state index in [4.69, 9.17) is 4.74 Å². The smallest absolute Gasteiger partial charge is 0.0464 e. The highest BCUT2D eigenvalue weighted by atomic mass is 16.5. The molecule has 1 aromatic carbocycles. The number of fused-ring (bicyclic) bond motifs is 1. The van der Waals surface area contributed by atoms with Crippen molar-refractivity contribution in [1.82, 2.24) is 0 Å². The summed E-state index contributed by atoms with van der Waals surface area (Å²) in [6, 6.07) is 9.35. The molecule has 1 aliphatic rings. The molecule has 2 heteroatoms. The zero-order valence-electron chi connectivity index (χ0n) is 11.8. The maximum atomic E-state index is 5.18. The summed E-state index contributed by atoms with van der Waals surface area (Å²) in [5.41, 5.74) is 2.83. The molecule has 3 unspecified atom stereocenters. The Labute approximate surface area is 111 Å². The number of rotatable bonds is 5. The van der Waals surface area contributed by atoms with E-state index in [-0.39, 0.29) is 0 Å². The summed E-state index contributed by atoms with van der Waals surface area (Å²) < 4.78 is 5.18. The Balaban J connectivity index is 2.04. The molecule has 1 heterocycles. The van der Waals surface area contributed by atoms with Gasteiger partial charge in [-0.25, -0.2) is 0 Å². The van der Waals surface area contributed by atoms with Crippen LogP contribution in [0.5, 0.6) is 0 Å². The van der Waals surface area contributed by atoms with Crippen LogP contribution in [-0.4, -0.2) is 19.8 Å². The first-order chi connectivity index (χ1) is 8.70. The van der Waals surface area contributed by atoms with E-state index in [1.807, 2.05) is 0 Å². The molecule has 2 nitrogen and oxygen atoms in total. The van der Waals surface area contributed by atoms with Gasteiger partial charge >= 0.3 is 0 Å². The van der Waals surface area contributed by atoms with Crippen LogP contribution in [-0.2, 0) is 4.74 Å². The van der Waals surface area contributed by atoms with Gasteiger partial charge < -0.3 is 10.1 Å². The van der Waals surface area contributed by atoms with E-state index < -0.39 is 0 Å². The Morgan fingerprint density at radius 3 is 2.94 bits per heavy atom. The van der Waals surface area contributed by atoms with Gasteiger partial charge in [0.25, 0.3) is 0 Å². The van der Waals surface area contributed by atoms with E-state index in [9.17, 15) is 0 Å². The molecule has 0 aromatic heterocycles. The maximum Gasteiger partial charge on any atom is 0.0464 e. The van der Waals surface area contributed by atoms with Crippen LogP contribution in [0, 0.1) is 5.92 Å². The van der Waals surface area contributed by atoms with Gasteiger partial charge in [-0.3, -0.25) is 0 Å². The van der Waals surface area contributed by atoms with Crippen molar-refractivity contribution in [3.05, 3.63) is 29.8 Å². The second-order valence-corrected chi connectivity index (χ2v) is 5.69. The Bertz CT molecular complexity index is 377. The van der Waals surface area contributed by atoms with Crippen LogP contribution < -0.4 is 5.32 Å². The van der Waals surface area contributed by atoms with Crippen molar-refractivity contribution in [3.8, 4) is 0 Å². The fourth-order valence-corrected chi connectivity index (χ4v) is 3.01. The van der Waals surface area contributed by atoms with Gasteiger partial charge in [0.05, 0.1) is 0 Å².